The van der Waals surface area contributed by atoms with Crippen LogP contribution in [0.2, 0.25) is 0 Å². The number of rotatable bonds is 1. The van der Waals surface area contributed by atoms with Crippen LogP contribution in [-0.2, 0) is 12.8 Å². The summed E-state index contributed by atoms with van der Waals surface area (Å²) in [6, 6.07) is 5.37. The molecule has 0 saturated heterocycles. The number of benzene rings is 1. The molecule has 2 aromatic rings. The van der Waals surface area contributed by atoms with Crippen molar-refractivity contribution in [3.63, 3.8) is 0 Å². The number of nitrogens with one attached hydrogen (secondary N) is 1. The Bertz CT molecular complexity index is 527. The van der Waals surface area contributed by atoms with Gasteiger partial charge in [-0.2, -0.15) is 0 Å². The van der Waals surface area contributed by atoms with Crippen molar-refractivity contribution >= 4 is 10.9 Å². The summed E-state index contributed by atoms with van der Waals surface area (Å²) in [4.78, 5) is 3.25. The second-order valence-electron chi connectivity index (χ2n) is 4.76. The van der Waals surface area contributed by atoms with Gasteiger partial charge in [-0.25, -0.2) is 4.39 Å². The smallest absolute Gasteiger partial charge is 0.147 e. The predicted molar refractivity (Wildman–Crippen MR) is 64.1 cm³/mol. The van der Waals surface area contributed by atoms with E-state index in [1.165, 1.54) is 30.2 Å². The maximum absolute atomic E-state index is 13.6. The molecule has 1 heterocycles. The lowest BCUT2D eigenvalue weighted by Crippen LogP contribution is -2.12. The summed E-state index contributed by atoms with van der Waals surface area (Å²) >= 11 is 0. The Morgan fingerprint density at radius 3 is 3.12 bits per heavy atom. The normalized spacial score (nSPS) is 20.0. The Morgan fingerprint density at radius 2 is 2.31 bits per heavy atom. The van der Waals surface area contributed by atoms with E-state index < -0.39 is 0 Å². The zero-order valence-corrected chi connectivity index (χ0v) is 9.52. The molecule has 1 aromatic heterocycles. The Balaban J connectivity index is 2.18. The van der Waals surface area contributed by atoms with E-state index in [1.54, 1.807) is 6.07 Å². The van der Waals surface area contributed by atoms with Crippen LogP contribution in [0.3, 0.4) is 0 Å². The fraction of sp³-hybridized carbons (Fsp3) is 0.429. The number of H-pyrrole nitrogens is 1. The first-order valence-corrected chi connectivity index (χ1v) is 6.07. The lowest BCUT2D eigenvalue weighted by atomic mass is 9.85. The molecule has 0 radical (unpaired) electrons. The molecule has 0 saturated carbocycles. The number of aromatic nitrogens is 1. The lowest BCUT2D eigenvalue weighted by Gasteiger charge is -2.20. The maximum Gasteiger partial charge on any atom is 0.147 e. The molecule has 1 aliphatic carbocycles. The molecule has 0 spiro atoms. The van der Waals surface area contributed by atoms with E-state index >= 15 is 0 Å². The number of hydrogen-bond donors (Lipinski definition) is 1. The number of fused-ring (bicyclic) bond motifs is 3. The molecule has 0 fully saturated rings. The van der Waals surface area contributed by atoms with Gasteiger partial charge in [-0.3, -0.25) is 0 Å². The second-order valence-corrected chi connectivity index (χ2v) is 4.76. The van der Waals surface area contributed by atoms with Crippen molar-refractivity contribution in [2.75, 3.05) is 0 Å². The van der Waals surface area contributed by atoms with E-state index in [1.807, 2.05) is 6.07 Å². The van der Waals surface area contributed by atoms with Crippen LogP contribution in [0.1, 0.15) is 31.0 Å². The van der Waals surface area contributed by atoms with Gasteiger partial charge in [0.1, 0.15) is 5.82 Å². The molecule has 1 unspecified atom stereocenters. The number of hydrogen-bond acceptors (Lipinski definition) is 0. The van der Waals surface area contributed by atoms with Crippen LogP contribution in [0.5, 0.6) is 0 Å². The van der Waals surface area contributed by atoms with Crippen molar-refractivity contribution in [3.05, 3.63) is 35.3 Å². The zero-order chi connectivity index (χ0) is 11.1. The van der Waals surface area contributed by atoms with Gasteiger partial charge in [-0.1, -0.05) is 25.5 Å². The number of para-hydroxylation sites is 1. The van der Waals surface area contributed by atoms with Crippen molar-refractivity contribution in [2.24, 2.45) is 5.92 Å². The minimum absolute atomic E-state index is 0.125. The molecule has 0 amide bonds. The molecule has 3 rings (SSSR count). The highest BCUT2D eigenvalue weighted by Gasteiger charge is 2.22. The van der Waals surface area contributed by atoms with Crippen molar-refractivity contribution in [3.8, 4) is 0 Å². The highest BCUT2D eigenvalue weighted by Crippen LogP contribution is 2.33. The average molecular weight is 217 g/mol. The SMILES string of the molecule is CCC1CCc2[nH]c3c(F)cccc3c2C1. The summed E-state index contributed by atoms with van der Waals surface area (Å²) in [7, 11) is 0. The minimum atomic E-state index is -0.125. The van der Waals surface area contributed by atoms with E-state index in [0.717, 1.165) is 24.1 Å². The molecule has 1 N–H and O–H groups in total. The largest absolute Gasteiger partial charge is 0.356 e. The number of halogens is 1. The highest BCUT2D eigenvalue weighted by molar-refractivity contribution is 5.85. The second kappa shape index (κ2) is 3.62. The zero-order valence-electron chi connectivity index (χ0n) is 9.52. The van der Waals surface area contributed by atoms with E-state index in [4.69, 9.17) is 0 Å². The van der Waals surface area contributed by atoms with Crippen LogP contribution < -0.4 is 0 Å². The van der Waals surface area contributed by atoms with Crippen LogP contribution in [0.4, 0.5) is 4.39 Å². The molecule has 1 nitrogen and oxygen atoms in total. The fourth-order valence-electron chi connectivity index (χ4n) is 2.83. The number of aromatic amines is 1. The van der Waals surface area contributed by atoms with Crippen molar-refractivity contribution in [1.82, 2.24) is 4.98 Å². The third-order valence-corrected chi connectivity index (χ3v) is 3.85. The third-order valence-electron chi connectivity index (χ3n) is 3.85. The Kier molecular flexibility index (Phi) is 2.23. The van der Waals surface area contributed by atoms with E-state index in [2.05, 4.69) is 11.9 Å². The summed E-state index contributed by atoms with van der Waals surface area (Å²) in [5.41, 5.74) is 3.31. The summed E-state index contributed by atoms with van der Waals surface area (Å²) in [6.07, 6.45) is 4.64. The van der Waals surface area contributed by atoms with Gasteiger partial charge in [0.25, 0.3) is 0 Å². The van der Waals surface area contributed by atoms with Crippen molar-refractivity contribution in [2.45, 2.75) is 32.6 Å². The Hall–Kier alpha value is -1.31. The van der Waals surface area contributed by atoms with Gasteiger partial charge in [-0.05, 0) is 36.8 Å². The van der Waals surface area contributed by atoms with Gasteiger partial charge in [0, 0.05) is 11.1 Å². The average Bonchev–Trinajstić information content (AvgIpc) is 2.68. The van der Waals surface area contributed by atoms with Crippen LogP contribution in [0.15, 0.2) is 18.2 Å². The quantitative estimate of drug-likeness (QED) is 0.747. The van der Waals surface area contributed by atoms with Crippen LogP contribution >= 0.6 is 0 Å². The van der Waals surface area contributed by atoms with Gasteiger partial charge in [0.2, 0.25) is 0 Å². The molecular formula is C14H16FN. The predicted octanol–water partition coefficient (Wildman–Crippen LogP) is 3.82. The Labute approximate surface area is 94.7 Å². The van der Waals surface area contributed by atoms with Crippen molar-refractivity contribution < 1.29 is 4.39 Å². The van der Waals surface area contributed by atoms with Gasteiger partial charge in [-0.15, -0.1) is 0 Å². The first kappa shape index (κ1) is 9.88. The third kappa shape index (κ3) is 1.36. The molecule has 1 atom stereocenters. The molecule has 0 aliphatic heterocycles. The van der Waals surface area contributed by atoms with E-state index in [-0.39, 0.29) is 5.82 Å². The molecule has 2 heteroatoms. The summed E-state index contributed by atoms with van der Waals surface area (Å²) in [5.74, 6) is 0.648. The molecule has 1 aliphatic rings. The van der Waals surface area contributed by atoms with Crippen molar-refractivity contribution in [1.29, 1.82) is 0 Å². The van der Waals surface area contributed by atoms with E-state index in [9.17, 15) is 4.39 Å². The Morgan fingerprint density at radius 1 is 1.44 bits per heavy atom. The molecule has 84 valence electrons. The van der Waals surface area contributed by atoms with Gasteiger partial charge in [0.15, 0.2) is 0 Å². The lowest BCUT2D eigenvalue weighted by molar-refractivity contribution is 0.444. The monoisotopic (exact) mass is 217 g/mol. The van der Waals surface area contributed by atoms with Crippen LogP contribution in [-0.4, -0.2) is 4.98 Å². The molecule has 0 bridgehead atoms. The van der Waals surface area contributed by atoms with Crippen LogP contribution in [0.25, 0.3) is 10.9 Å². The highest BCUT2D eigenvalue weighted by atomic mass is 19.1. The standard InChI is InChI=1S/C14H16FN/c1-2-9-6-7-13-11(8-9)10-4-3-5-12(15)14(10)16-13/h3-5,9,16H,2,6-8H2,1H3. The minimum Gasteiger partial charge on any atom is -0.356 e. The molecular weight excluding hydrogens is 201 g/mol. The summed E-state index contributed by atoms with van der Waals surface area (Å²) in [5, 5.41) is 1.09. The van der Waals surface area contributed by atoms with Crippen LogP contribution in [0, 0.1) is 11.7 Å². The fourth-order valence-corrected chi connectivity index (χ4v) is 2.83. The van der Waals surface area contributed by atoms with Gasteiger partial charge in [0.05, 0.1) is 5.52 Å². The first-order valence-electron chi connectivity index (χ1n) is 6.07. The summed E-state index contributed by atoms with van der Waals surface area (Å²) in [6.45, 7) is 2.24. The molecule has 16 heavy (non-hydrogen) atoms. The topological polar surface area (TPSA) is 15.8 Å². The van der Waals surface area contributed by atoms with Gasteiger partial charge < -0.3 is 4.98 Å². The van der Waals surface area contributed by atoms with Gasteiger partial charge >= 0.3 is 0 Å². The summed E-state index contributed by atoms with van der Waals surface area (Å²) < 4.78 is 13.6. The van der Waals surface area contributed by atoms with E-state index in [0.29, 0.717) is 5.52 Å². The molecule has 1 aromatic carbocycles. The number of aryl methyl sites for hydroxylation is 1. The first-order chi connectivity index (χ1) is 7.79. The maximum atomic E-state index is 13.6.